The Balaban J connectivity index is 2.24. The molecule has 0 aliphatic carbocycles. The smallest absolute Gasteiger partial charge is 0.274 e. The minimum atomic E-state index is -0.118. The van der Waals surface area contributed by atoms with Crippen molar-refractivity contribution >= 4 is 5.91 Å². The Kier molecular flexibility index (Phi) is 4.08. The maximum Gasteiger partial charge on any atom is 0.274 e. The minimum Gasteiger partial charge on any atom is -0.496 e. The van der Waals surface area contributed by atoms with Gasteiger partial charge >= 0.3 is 0 Å². The molecule has 0 saturated carbocycles. The zero-order chi connectivity index (χ0) is 14.7. The van der Waals surface area contributed by atoms with Crippen molar-refractivity contribution in [2.24, 2.45) is 0 Å². The van der Waals surface area contributed by atoms with E-state index in [1.54, 1.807) is 25.1 Å². The third-order valence-electron chi connectivity index (χ3n) is 3.42. The monoisotopic (exact) mass is 273 g/mol. The van der Waals surface area contributed by atoms with Crippen molar-refractivity contribution in [1.29, 1.82) is 0 Å². The average molecular weight is 273 g/mol. The number of benzene rings is 1. The largest absolute Gasteiger partial charge is 0.496 e. The molecule has 0 aliphatic heterocycles. The Bertz CT molecular complexity index is 607. The van der Waals surface area contributed by atoms with Gasteiger partial charge in [-0.25, -0.2) is 0 Å². The predicted octanol–water partition coefficient (Wildman–Crippen LogP) is 2.56. The fourth-order valence-corrected chi connectivity index (χ4v) is 2.10. The number of amides is 1. The van der Waals surface area contributed by atoms with Gasteiger partial charge in [0.15, 0.2) is 0 Å². The van der Waals surface area contributed by atoms with Crippen LogP contribution >= 0.6 is 0 Å². The normalized spacial score (nSPS) is 12.0. The summed E-state index contributed by atoms with van der Waals surface area (Å²) in [5.41, 5.74) is 2.26. The number of H-pyrrole nitrogens is 1. The molecule has 1 aromatic carbocycles. The summed E-state index contributed by atoms with van der Waals surface area (Å²) in [6.07, 6.45) is 0. The van der Waals surface area contributed by atoms with Crippen LogP contribution in [-0.2, 0) is 0 Å². The van der Waals surface area contributed by atoms with Crippen LogP contribution in [0.25, 0.3) is 0 Å². The predicted molar refractivity (Wildman–Crippen MR) is 76.8 cm³/mol. The van der Waals surface area contributed by atoms with Crippen LogP contribution < -0.4 is 4.74 Å². The minimum absolute atomic E-state index is 0.101. The number of hydrogen-bond acceptors (Lipinski definition) is 3. The molecule has 106 valence electrons. The van der Waals surface area contributed by atoms with Crippen molar-refractivity contribution in [3.8, 4) is 5.75 Å². The Morgan fingerprint density at radius 1 is 1.40 bits per heavy atom. The first-order valence-corrected chi connectivity index (χ1v) is 6.46. The van der Waals surface area contributed by atoms with Crippen LogP contribution in [-0.4, -0.2) is 35.2 Å². The lowest BCUT2D eigenvalue weighted by atomic mass is 10.1. The van der Waals surface area contributed by atoms with Crippen LogP contribution in [0, 0.1) is 6.92 Å². The van der Waals surface area contributed by atoms with E-state index in [4.69, 9.17) is 4.74 Å². The molecule has 1 N–H and O–H groups in total. The second-order valence-corrected chi connectivity index (χ2v) is 4.77. The van der Waals surface area contributed by atoms with Crippen LogP contribution in [0.15, 0.2) is 30.3 Å². The highest BCUT2D eigenvalue weighted by molar-refractivity contribution is 5.92. The number of aromatic nitrogens is 2. The Hall–Kier alpha value is -2.30. The van der Waals surface area contributed by atoms with E-state index >= 15 is 0 Å². The number of para-hydroxylation sites is 1. The molecule has 20 heavy (non-hydrogen) atoms. The topological polar surface area (TPSA) is 58.2 Å². The number of hydrogen-bond donors (Lipinski definition) is 1. The zero-order valence-corrected chi connectivity index (χ0v) is 12.2. The van der Waals surface area contributed by atoms with Crippen molar-refractivity contribution in [2.75, 3.05) is 14.2 Å². The van der Waals surface area contributed by atoms with Gasteiger partial charge in [0.25, 0.3) is 5.91 Å². The van der Waals surface area contributed by atoms with Gasteiger partial charge in [-0.3, -0.25) is 9.89 Å². The van der Waals surface area contributed by atoms with Crippen molar-refractivity contribution in [3.05, 3.63) is 47.3 Å². The van der Waals surface area contributed by atoms with E-state index in [9.17, 15) is 4.79 Å². The SMILES string of the molecule is COc1ccccc1C(C)N(C)C(=O)c1cc(C)[nH]n1. The fourth-order valence-electron chi connectivity index (χ4n) is 2.10. The summed E-state index contributed by atoms with van der Waals surface area (Å²) in [4.78, 5) is 14.0. The highest BCUT2D eigenvalue weighted by atomic mass is 16.5. The van der Waals surface area contributed by atoms with E-state index in [0.717, 1.165) is 17.0 Å². The summed E-state index contributed by atoms with van der Waals surface area (Å²) in [6.45, 7) is 3.84. The third-order valence-corrected chi connectivity index (χ3v) is 3.42. The summed E-state index contributed by atoms with van der Waals surface area (Å²) >= 11 is 0. The molecular weight excluding hydrogens is 254 g/mol. The second-order valence-electron chi connectivity index (χ2n) is 4.77. The number of nitrogens with one attached hydrogen (secondary N) is 1. The molecule has 1 unspecified atom stereocenters. The first kappa shape index (κ1) is 14.1. The molecule has 0 saturated heterocycles. The highest BCUT2D eigenvalue weighted by Gasteiger charge is 2.22. The van der Waals surface area contributed by atoms with Crippen LogP contribution in [0.4, 0.5) is 0 Å². The van der Waals surface area contributed by atoms with Gasteiger partial charge in [-0.2, -0.15) is 5.10 Å². The number of ether oxygens (including phenoxy) is 1. The number of aromatic amines is 1. The van der Waals surface area contributed by atoms with E-state index in [2.05, 4.69) is 10.2 Å². The molecular formula is C15H19N3O2. The lowest BCUT2D eigenvalue weighted by Crippen LogP contribution is -2.30. The van der Waals surface area contributed by atoms with Gasteiger partial charge in [0.05, 0.1) is 13.2 Å². The van der Waals surface area contributed by atoms with Gasteiger partial charge in [-0.15, -0.1) is 0 Å². The third kappa shape index (κ3) is 2.66. The number of carbonyl (C=O) groups is 1. The molecule has 1 aromatic heterocycles. The molecule has 0 bridgehead atoms. The summed E-state index contributed by atoms with van der Waals surface area (Å²) in [5, 5.41) is 6.79. The van der Waals surface area contributed by atoms with E-state index in [-0.39, 0.29) is 11.9 Å². The number of rotatable bonds is 4. The van der Waals surface area contributed by atoms with Crippen molar-refractivity contribution in [1.82, 2.24) is 15.1 Å². The van der Waals surface area contributed by atoms with E-state index in [1.807, 2.05) is 38.1 Å². The molecule has 0 aliphatic rings. The first-order chi connectivity index (χ1) is 9.54. The van der Waals surface area contributed by atoms with E-state index in [0.29, 0.717) is 5.69 Å². The summed E-state index contributed by atoms with van der Waals surface area (Å²) < 4.78 is 5.35. The fraction of sp³-hybridized carbons (Fsp3) is 0.333. The first-order valence-electron chi connectivity index (χ1n) is 6.46. The molecule has 1 heterocycles. The molecule has 2 aromatic rings. The lowest BCUT2D eigenvalue weighted by Gasteiger charge is -2.25. The van der Waals surface area contributed by atoms with Gasteiger partial charge in [0.2, 0.25) is 0 Å². The standard InChI is InChI=1S/C15H19N3O2/c1-10-9-13(17-16-10)15(19)18(3)11(2)12-7-5-6-8-14(12)20-4/h5-9,11H,1-4H3,(H,16,17). The molecule has 2 rings (SSSR count). The van der Waals surface area contributed by atoms with E-state index < -0.39 is 0 Å². The van der Waals surface area contributed by atoms with Crippen molar-refractivity contribution in [2.45, 2.75) is 19.9 Å². The maximum absolute atomic E-state index is 12.4. The maximum atomic E-state index is 12.4. The molecule has 0 fully saturated rings. The number of methoxy groups -OCH3 is 1. The second kappa shape index (κ2) is 5.77. The van der Waals surface area contributed by atoms with Crippen LogP contribution in [0.1, 0.15) is 34.7 Å². The Morgan fingerprint density at radius 3 is 2.70 bits per heavy atom. The summed E-state index contributed by atoms with van der Waals surface area (Å²) in [5.74, 6) is 0.658. The Morgan fingerprint density at radius 2 is 2.10 bits per heavy atom. The number of nitrogens with zero attached hydrogens (tertiary/aromatic N) is 2. The molecule has 0 radical (unpaired) electrons. The molecule has 1 atom stereocenters. The van der Waals surface area contributed by atoms with E-state index in [1.165, 1.54) is 0 Å². The zero-order valence-electron chi connectivity index (χ0n) is 12.2. The van der Waals surface area contributed by atoms with Gasteiger partial charge in [0.1, 0.15) is 11.4 Å². The number of carbonyl (C=O) groups excluding carboxylic acids is 1. The summed E-state index contributed by atoms with van der Waals surface area (Å²) in [7, 11) is 3.40. The van der Waals surface area contributed by atoms with Crippen LogP contribution in [0.3, 0.4) is 0 Å². The average Bonchev–Trinajstić information content (AvgIpc) is 2.91. The van der Waals surface area contributed by atoms with Crippen molar-refractivity contribution in [3.63, 3.8) is 0 Å². The Labute approximate surface area is 118 Å². The van der Waals surface area contributed by atoms with Gasteiger partial charge in [-0.05, 0) is 26.0 Å². The molecule has 0 spiro atoms. The van der Waals surface area contributed by atoms with Gasteiger partial charge in [0, 0.05) is 18.3 Å². The number of aryl methyl sites for hydroxylation is 1. The molecule has 1 amide bonds. The van der Waals surface area contributed by atoms with Crippen molar-refractivity contribution < 1.29 is 9.53 Å². The summed E-state index contributed by atoms with van der Waals surface area (Å²) in [6, 6.07) is 9.34. The molecule has 5 heteroatoms. The van der Waals surface area contributed by atoms with Crippen LogP contribution in [0.5, 0.6) is 5.75 Å². The highest BCUT2D eigenvalue weighted by Crippen LogP contribution is 2.28. The quantitative estimate of drug-likeness (QED) is 0.931. The van der Waals surface area contributed by atoms with Gasteiger partial charge in [-0.1, -0.05) is 18.2 Å². The molecule has 5 nitrogen and oxygen atoms in total. The van der Waals surface area contributed by atoms with Crippen LogP contribution in [0.2, 0.25) is 0 Å². The lowest BCUT2D eigenvalue weighted by molar-refractivity contribution is 0.0735. The van der Waals surface area contributed by atoms with Gasteiger partial charge < -0.3 is 9.64 Å².